The normalized spacial score (nSPS) is 20.6. The van der Waals surface area contributed by atoms with Gasteiger partial charge >= 0.3 is 0 Å². The van der Waals surface area contributed by atoms with E-state index in [0.717, 1.165) is 19.3 Å². The predicted octanol–water partition coefficient (Wildman–Crippen LogP) is -0.236. The van der Waals surface area contributed by atoms with Gasteiger partial charge in [0.1, 0.15) is 0 Å². The van der Waals surface area contributed by atoms with Gasteiger partial charge in [-0.3, -0.25) is 14.5 Å². The molecule has 0 aliphatic carbocycles. The van der Waals surface area contributed by atoms with E-state index in [1.165, 1.54) is 4.90 Å². The van der Waals surface area contributed by atoms with Gasteiger partial charge in [-0.1, -0.05) is 6.42 Å². The fourth-order valence-corrected chi connectivity index (χ4v) is 2.02. The lowest BCUT2D eigenvalue weighted by Gasteiger charge is -2.13. The molecule has 1 fully saturated rings. The average Bonchev–Trinajstić information content (AvgIpc) is 2.43. The second-order valence-corrected chi connectivity index (χ2v) is 4.74. The van der Waals surface area contributed by atoms with Crippen LogP contribution in [0.15, 0.2) is 0 Å². The molecule has 2 amide bonds. The maximum Gasteiger partial charge on any atom is 0.242 e. The first-order chi connectivity index (χ1) is 7.52. The Morgan fingerprint density at radius 2 is 2.06 bits per heavy atom. The van der Waals surface area contributed by atoms with Crippen molar-refractivity contribution in [1.29, 1.82) is 0 Å². The maximum atomic E-state index is 11.5. The van der Waals surface area contributed by atoms with E-state index in [9.17, 15) is 14.4 Å². The van der Waals surface area contributed by atoms with Crippen molar-refractivity contribution in [2.75, 3.05) is 6.54 Å². The van der Waals surface area contributed by atoms with Crippen molar-refractivity contribution in [3.63, 3.8) is 0 Å². The molecule has 1 atom stereocenters. The second kappa shape index (κ2) is 6.08. The largest absolute Gasteiger partial charge is 0.312 e. The van der Waals surface area contributed by atoms with Crippen LogP contribution in [0.5, 0.6) is 0 Å². The van der Waals surface area contributed by atoms with E-state index >= 15 is 0 Å². The van der Waals surface area contributed by atoms with Crippen molar-refractivity contribution in [2.45, 2.75) is 37.4 Å². The van der Waals surface area contributed by atoms with Gasteiger partial charge in [-0.05, 0) is 19.3 Å². The maximum absolute atomic E-state index is 11.5. The number of hydrogen-bond acceptors (Lipinski definition) is 4. The van der Waals surface area contributed by atoms with E-state index in [1.807, 2.05) is 0 Å². The fourth-order valence-electron chi connectivity index (χ4n) is 1.72. The summed E-state index contributed by atoms with van der Waals surface area (Å²) in [4.78, 5) is 34.8. The van der Waals surface area contributed by atoms with Gasteiger partial charge in [0.2, 0.25) is 11.8 Å². The Labute approximate surface area is 102 Å². The number of carbonyl (C=O) groups is 3. The van der Waals surface area contributed by atoms with Gasteiger partial charge in [-0.15, -0.1) is 0 Å². The van der Waals surface area contributed by atoms with Gasteiger partial charge in [0.05, 0.1) is 10.9 Å². The van der Waals surface area contributed by atoms with Gasteiger partial charge in [-0.25, -0.2) is 0 Å². The molecule has 1 aliphatic rings. The van der Waals surface area contributed by atoms with Crippen LogP contribution in [-0.2, 0) is 14.4 Å². The van der Waals surface area contributed by atoms with Gasteiger partial charge in [0.15, 0.2) is 7.85 Å². The molecule has 4 nitrogen and oxygen atoms in total. The minimum atomic E-state index is -0.454. The lowest BCUT2D eigenvalue weighted by Crippen LogP contribution is -2.31. The highest BCUT2D eigenvalue weighted by molar-refractivity contribution is 7.81. The zero-order chi connectivity index (χ0) is 12.1. The number of rotatable bonds is 6. The van der Waals surface area contributed by atoms with E-state index in [4.69, 9.17) is 0 Å². The molecular formula is C10H16BNO3S. The minimum Gasteiger partial charge on any atom is -0.312 e. The third kappa shape index (κ3) is 3.66. The zero-order valence-electron chi connectivity index (χ0n) is 9.44. The number of nitrogens with zero attached hydrogens (tertiary/aromatic N) is 1. The summed E-state index contributed by atoms with van der Waals surface area (Å²) < 4.78 is 0. The number of carbonyl (C=O) groups excluding carboxylic acids is 3. The summed E-state index contributed by atoms with van der Waals surface area (Å²) in [5, 5.41) is -0.454. The van der Waals surface area contributed by atoms with Crippen molar-refractivity contribution in [3.8, 4) is 0 Å². The molecule has 1 saturated heterocycles. The number of unbranched alkanes of at least 4 members (excludes halogenated alkanes) is 2. The van der Waals surface area contributed by atoms with E-state index in [2.05, 4.69) is 12.6 Å². The second-order valence-electron chi connectivity index (χ2n) is 4.12. The zero-order valence-corrected chi connectivity index (χ0v) is 10.3. The lowest BCUT2D eigenvalue weighted by molar-refractivity contribution is -0.138. The Hall–Kier alpha value is -0.775. The summed E-state index contributed by atoms with van der Waals surface area (Å²) in [6.45, 7) is 0.465. The van der Waals surface area contributed by atoms with Gasteiger partial charge in [0.25, 0.3) is 0 Å². The average molecular weight is 241 g/mol. The molecule has 0 saturated carbocycles. The van der Waals surface area contributed by atoms with Crippen molar-refractivity contribution in [2.24, 2.45) is 0 Å². The van der Waals surface area contributed by atoms with E-state index in [0.29, 0.717) is 13.0 Å². The molecule has 0 bridgehead atoms. The minimum absolute atomic E-state index is 0.128. The van der Waals surface area contributed by atoms with Crippen LogP contribution in [0.2, 0.25) is 0 Å². The Morgan fingerprint density at radius 1 is 1.38 bits per heavy atom. The molecule has 1 heterocycles. The highest BCUT2D eigenvalue weighted by atomic mass is 32.1. The van der Waals surface area contributed by atoms with Crippen LogP contribution in [0.3, 0.4) is 0 Å². The van der Waals surface area contributed by atoms with E-state index in [1.54, 1.807) is 7.85 Å². The predicted molar refractivity (Wildman–Crippen MR) is 66.1 cm³/mol. The first-order valence-corrected chi connectivity index (χ1v) is 6.05. The summed E-state index contributed by atoms with van der Waals surface area (Å²) >= 11 is 4.04. The number of hydrogen-bond donors (Lipinski definition) is 1. The number of amides is 2. The lowest BCUT2D eigenvalue weighted by atomic mass is 9.97. The van der Waals surface area contributed by atoms with Gasteiger partial charge in [-0.2, -0.15) is 12.6 Å². The molecule has 1 unspecified atom stereocenters. The SMILES string of the molecule is BC(=O)CCCCCN1C(=O)CC(S)C1=O. The standard InChI is InChI=1S/C10H16BNO3S/c11-8(13)4-2-1-3-5-12-9(14)6-7(16)10(12)15/h7,16H,1-6,11H2. The summed E-state index contributed by atoms with van der Waals surface area (Å²) in [6, 6.07) is 0. The van der Waals surface area contributed by atoms with Gasteiger partial charge in [0, 0.05) is 13.0 Å². The van der Waals surface area contributed by atoms with Crippen LogP contribution >= 0.6 is 12.6 Å². The van der Waals surface area contributed by atoms with Crippen LogP contribution in [-0.4, -0.2) is 42.0 Å². The first-order valence-electron chi connectivity index (χ1n) is 5.54. The fraction of sp³-hybridized carbons (Fsp3) is 0.700. The molecule has 1 aliphatic heterocycles. The third-order valence-electron chi connectivity index (χ3n) is 2.63. The molecule has 6 heteroatoms. The quantitative estimate of drug-likeness (QED) is 0.302. The molecule has 16 heavy (non-hydrogen) atoms. The van der Waals surface area contributed by atoms with Crippen molar-refractivity contribution < 1.29 is 14.4 Å². The molecular weight excluding hydrogens is 225 g/mol. The van der Waals surface area contributed by atoms with E-state index in [-0.39, 0.29) is 23.9 Å². The van der Waals surface area contributed by atoms with Crippen LogP contribution in [0.25, 0.3) is 0 Å². The molecule has 1 rings (SSSR count). The summed E-state index contributed by atoms with van der Waals surface area (Å²) in [5.74, 6) is -0.309. The Balaban J connectivity index is 2.20. The van der Waals surface area contributed by atoms with Crippen LogP contribution < -0.4 is 0 Å². The van der Waals surface area contributed by atoms with Crippen molar-refractivity contribution >= 4 is 38.0 Å². The topological polar surface area (TPSA) is 54.5 Å². The van der Waals surface area contributed by atoms with Crippen molar-refractivity contribution in [3.05, 3.63) is 0 Å². The van der Waals surface area contributed by atoms with E-state index < -0.39 is 5.25 Å². The first kappa shape index (κ1) is 13.3. The molecule has 0 spiro atoms. The Bertz CT molecular complexity index is 308. The monoisotopic (exact) mass is 241 g/mol. The number of likely N-dealkylation sites (tertiary alicyclic amines) is 1. The summed E-state index contributed by atoms with van der Waals surface area (Å²) in [6.07, 6.45) is 3.27. The Morgan fingerprint density at radius 3 is 2.56 bits per heavy atom. The molecule has 0 radical (unpaired) electrons. The molecule has 0 aromatic rings. The summed E-state index contributed by atoms with van der Waals surface area (Å²) in [5.41, 5.74) is 0.184. The molecule has 0 aromatic heterocycles. The molecule has 0 N–H and O–H groups in total. The summed E-state index contributed by atoms with van der Waals surface area (Å²) in [7, 11) is 1.57. The highest BCUT2D eigenvalue weighted by Gasteiger charge is 2.35. The number of imide groups is 1. The van der Waals surface area contributed by atoms with Crippen LogP contribution in [0, 0.1) is 0 Å². The van der Waals surface area contributed by atoms with Gasteiger partial charge < -0.3 is 4.79 Å². The van der Waals surface area contributed by atoms with Crippen LogP contribution in [0.4, 0.5) is 0 Å². The highest BCUT2D eigenvalue weighted by Crippen LogP contribution is 2.18. The Kier molecular flexibility index (Phi) is 5.05. The molecule has 88 valence electrons. The van der Waals surface area contributed by atoms with Crippen LogP contribution in [0.1, 0.15) is 32.1 Å². The number of thiol groups is 1. The third-order valence-corrected chi connectivity index (χ3v) is 3.03. The smallest absolute Gasteiger partial charge is 0.242 e. The molecule has 0 aromatic carbocycles. The van der Waals surface area contributed by atoms with Crippen molar-refractivity contribution in [1.82, 2.24) is 4.90 Å².